The van der Waals surface area contributed by atoms with Crippen molar-refractivity contribution in [1.29, 1.82) is 0 Å². The molecular weight excluding hydrogens is 510 g/mol. The van der Waals surface area contributed by atoms with Crippen LogP contribution in [0.15, 0.2) is 15.8 Å². The number of hydrogen-bond acceptors (Lipinski definition) is 13. The molecule has 194 valence electrons. The highest BCUT2D eigenvalue weighted by atomic mass is 31.3. The standard InChI is InChI=1S/C15H24N2O15P2/c1-6-3-17(15(23)16-13(6)22)10-2-7(19)9(29-10)5-28-33(24,25)32-34(26,27)31-14-12(21)11(20)8(4-18)30-14/h3,7-12,14,18-21H,2,4-5H2,1H3,(H,24,25)(H,26,27)(H,16,22,23)/t7-,8-,9+,10+,11-,12+,14+/m0/s1. The smallest absolute Gasteiger partial charge is 0.394 e. The maximum atomic E-state index is 12.1. The van der Waals surface area contributed by atoms with Crippen molar-refractivity contribution in [2.75, 3.05) is 13.2 Å². The van der Waals surface area contributed by atoms with E-state index in [4.69, 9.17) is 14.6 Å². The molecule has 1 aromatic heterocycles. The zero-order valence-corrected chi connectivity index (χ0v) is 19.2. The lowest BCUT2D eigenvalue weighted by Gasteiger charge is -2.21. The molecule has 0 spiro atoms. The lowest BCUT2D eigenvalue weighted by molar-refractivity contribution is -0.125. The van der Waals surface area contributed by atoms with Gasteiger partial charge < -0.3 is 39.7 Å². The Labute approximate surface area is 190 Å². The zero-order chi connectivity index (χ0) is 25.4. The monoisotopic (exact) mass is 534 g/mol. The van der Waals surface area contributed by atoms with E-state index in [2.05, 4.69) is 18.3 Å². The third-order valence-electron chi connectivity index (χ3n) is 5.00. The average Bonchev–Trinajstić information content (AvgIpc) is 3.22. The van der Waals surface area contributed by atoms with E-state index < -0.39 is 83.1 Å². The SMILES string of the molecule is Cc1cn([C@H]2C[C@H](O)[C@@H](COP(=O)(O)OP(=O)(O)O[C@H]3O[C@@H](CO)[C@H](O)[C@H]3O)O2)c(=O)[nH]c1=O. The van der Waals surface area contributed by atoms with Crippen molar-refractivity contribution in [3.63, 3.8) is 0 Å². The maximum Gasteiger partial charge on any atom is 0.483 e. The van der Waals surface area contributed by atoms with Gasteiger partial charge >= 0.3 is 21.3 Å². The lowest BCUT2D eigenvalue weighted by atomic mass is 10.1. The van der Waals surface area contributed by atoms with Crippen LogP contribution in [0.3, 0.4) is 0 Å². The minimum atomic E-state index is -5.42. The first-order valence-electron chi connectivity index (χ1n) is 9.71. The number of ether oxygens (including phenoxy) is 2. The van der Waals surface area contributed by atoms with E-state index in [9.17, 15) is 43.8 Å². The summed E-state index contributed by atoms with van der Waals surface area (Å²) >= 11 is 0. The number of rotatable bonds is 9. The molecule has 0 radical (unpaired) electrons. The Morgan fingerprint density at radius 1 is 1.12 bits per heavy atom. The van der Waals surface area contributed by atoms with Crippen molar-refractivity contribution >= 4 is 15.6 Å². The van der Waals surface area contributed by atoms with Gasteiger partial charge in [0.25, 0.3) is 5.56 Å². The summed E-state index contributed by atoms with van der Waals surface area (Å²) in [5.74, 6) is 0. The predicted molar refractivity (Wildman–Crippen MR) is 106 cm³/mol. The van der Waals surface area contributed by atoms with E-state index in [1.807, 2.05) is 0 Å². The van der Waals surface area contributed by atoms with Crippen LogP contribution in [0, 0.1) is 6.92 Å². The number of nitrogens with one attached hydrogen (secondary N) is 1. The molecule has 0 aliphatic carbocycles. The number of aliphatic hydroxyl groups is 4. The molecule has 9 atom stereocenters. The van der Waals surface area contributed by atoms with Gasteiger partial charge in [0.15, 0.2) is 6.29 Å². The first-order valence-corrected chi connectivity index (χ1v) is 12.7. The molecule has 7 N–H and O–H groups in total. The molecular formula is C15H24N2O15P2. The van der Waals surface area contributed by atoms with Crippen molar-refractivity contribution in [3.05, 3.63) is 32.6 Å². The summed E-state index contributed by atoms with van der Waals surface area (Å²) < 4.78 is 48.5. The number of aromatic nitrogens is 2. The molecule has 17 nitrogen and oxygen atoms in total. The van der Waals surface area contributed by atoms with Crippen LogP contribution in [-0.4, -0.2) is 89.8 Å². The topological polar surface area (TPSA) is 257 Å². The molecule has 1 aromatic rings. The van der Waals surface area contributed by atoms with Crippen molar-refractivity contribution in [2.45, 2.75) is 56.4 Å². The van der Waals surface area contributed by atoms with Gasteiger partial charge in [0.05, 0.1) is 19.3 Å². The van der Waals surface area contributed by atoms with Crippen LogP contribution in [0.4, 0.5) is 0 Å². The van der Waals surface area contributed by atoms with Crippen LogP contribution in [0.1, 0.15) is 18.2 Å². The zero-order valence-electron chi connectivity index (χ0n) is 17.4. The van der Waals surface area contributed by atoms with Gasteiger partial charge in [-0.1, -0.05) is 0 Å². The van der Waals surface area contributed by atoms with Crippen LogP contribution >= 0.6 is 15.6 Å². The van der Waals surface area contributed by atoms with Gasteiger partial charge in [-0.3, -0.25) is 23.4 Å². The summed E-state index contributed by atoms with van der Waals surface area (Å²) in [5.41, 5.74) is -1.22. The molecule has 19 heteroatoms. The van der Waals surface area contributed by atoms with E-state index in [0.29, 0.717) is 0 Å². The Hall–Kier alpha value is -1.30. The third-order valence-corrected chi connectivity index (χ3v) is 7.60. The molecule has 2 aliphatic rings. The molecule has 2 aliphatic heterocycles. The Morgan fingerprint density at radius 2 is 1.79 bits per heavy atom. The summed E-state index contributed by atoms with van der Waals surface area (Å²) in [6.45, 7) is -0.141. The van der Waals surface area contributed by atoms with Gasteiger partial charge in [-0.25, -0.2) is 13.9 Å². The largest absolute Gasteiger partial charge is 0.483 e. The summed E-state index contributed by atoms with van der Waals surface area (Å²) in [6.07, 6.45) is -9.41. The van der Waals surface area contributed by atoms with Crippen LogP contribution in [0.25, 0.3) is 0 Å². The predicted octanol–water partition coefficient (Wildman–Crippen LogP) is -2.82. The fourth-order valence-corrected chi connectivity index (χ4v) is 5.42. The van der Waals surface area contributed by atoms with Crippen molar-refractivity contribution in [3.8, 4) is 0 Å². The first kappa shape index (κ1) is 27.3. The number of aryl methyl sites for hydroxylation is 1. The first-order chi connectivity index (χ1) is 15.7. The third kappa shape index (κ3) is 6.27. The molecule has 0 amide bonds. The number of phosphoric acid groups is 2. The molecule has 0 aromatic carbocycles. The fourth-order valence-electron chi connectivity index (χ4n) is 3.26. The van der Waals surface area contributed by atoms with Gasteiger partial charge in [0.1, 0.15) is 30.6 Å². The molecule has 2 fully saturated rings. The van der Waals surface area contributed by atoms with E-state index in [1.165, 1.54) is 13.1 Å². The highest BCUT2D eigenvalue weighted by Gasteiger charge is 2.48. The maximum absolute atomic E-state index is 12.1. The molecule has 3 heterocycles. The fraction of sp³-hybridized carbons (Fsp3) is 0.733. The van der Waals surface area contributed by atoms with Crippen LogP contribution in [-0.2, 0) is 32.0 Å². The number of nitrogens with zero attached hydrogens (tertiary/aromatic N) is 1. The van der Waals surface area contributed by atoms with E-state index >= 15 is 0 Å². The average molecular weight is 534 g/mol. The molecule has 2 saturated heterocycles. The van der Waals surface area contributed by atoms with Crippen molar-refractivity contribution in [2.24, 2.45) is 0 Å². The highest BCUT2D eigenvalue weighted by Crippen LogP contribution is 2.61. The lowest BCUT2D eigenvalue weighted by Crippen LogP contribution is -2.34. The number of aliphatic hydroxyl groups excluding tert-OH is 4. The summed E-state index contributed by atoms with van der Waals surface area (Å²) in [7, 11) is -10.7. The van der Waals surface area contributed by atoms with Crippen LogP contribution in [0.2, 0.25) is 0 Å². The number of hydrogen-bond donors (Lipinski definition) is 7. The van der Waals surface area contributed by atoms with Gasteiger partial charge in [0, 0.05) is 18.2 Å². The Bertz CT molecular complexity index is 1090. The normalized spacial score (nSPS) is 35.2. The number of H-pyrrole nitrogens is 1. The van der Waals surface area contributed by atoms with Gasteiger partial charge in [-0.2, -0.15) is 4.31 Å². The van der Waals surface area contributed by atoms with E-state index in [-0.39, 0.29) is 12.0 Å². The molecule has 0 bridgehead atoms. The molecule has 0 saturated carbocycles. The van der Waals surface area contributed by atoms with Crippen LogP contribution < -0.4 is 11.2 Å². The van der Waals surface area contributed by atoms with Gasteiger partial charge in [0.2, 0.25) is 0 Å². The van der Waals surface area contributed by atoms with Crippen molar-refractivity contribution in [1.82, 2.24) is 9.55 Å². The summed E-state index contributed by atoms with van der Waals surface area (Å²) in [5, 5.41) is 38.5. The molecule has 2 unspecified atom stereocenters. The van der Waals surface area contributed by atoms with E-state index in [1.54, 1.807) is 0 Å². The molecule has 34 heavy (non-hydrogen) atoms. The minimum absolute atomic E-state index is 0.150. The number of aromatic amines is 1. The second-order valence-electron chi connectivity index (χ2n) is 7.54. The van der Waals surface area contributed by atoms with Gasteiger partial charge in [-0.05, 0) is 6.92 Å². The summed E-state index contributed by atoms with van der Waals surface area (Å²) in [4.78, 5) is 45.0. The van der Waals surface area contributed by atoms with Crippen molar-refractivity contribution < 1.29 is 62.2 Å². The summed E-state index contributed by atoms with van der Waals surface area (Å²) in [6, 6.07) is 0. The van der Waals surface area contributed by atoms with Gasteiger partial charge in [-0.15, -0.1) is 0 Å². The molecule has 3 rings (SSSR count). The minimum Gasteiger partial charge on any atom is -0.394 e. The second-order valence-corrected chi connectivity index (χ2v) is 10.5. The quantitative estimate of drug-likeness (QED) is 0.158. The Balaban J connectivity index is 1.58. The Morgan fingerprint density at radius 3 is 2.41 bits per heavy atom. The van der Waals surface area contributed by atoms with E-state index in [0.717, 1.165) is 4.57 Å². The van der Waals surface area contributed by atoms with Crippen LogP contribution in [0.5, 0.6) is 0 Å². The second kappa shape index (κ2) is 10.4. The number of phosphoric ester groups is 2. The Kier molecular flexibility index (Phi) is 8.32. The highest BCUT2D eigenvalue weighted by molar-refractivity contribution is 7.61.